The number of rotatable bonds is 5. The molecule has 0 spiro atoms. The molecule has 0 saturated heterocycles. The molecule has 1 aromatic heterocycles. The number of hydrogen-bond acceptors (Lipinski definition) is 2. The molecule has 116 valence electrons. The van der Waals surface area contributed by atoms with Crippen LogP contribution in [0.15, 0.2) is 6.20 Å². The number of hydrogen-bond donors (Lipinski definition) is 1. The molecule has 1 amide bonds. The van der Waals surface area contributed by atoms with Crippen LogP contribution in [0.25, 0.3) is 0 Å². The molecule has 4 unspecified atom stereocenters. The first-order valence-electron chi connectivity index (χ1n) is 8.40. The monoisotopic (exact) mass is 289 g/mol. The molecule has 2 aliphatic carbocycles. The number of aryl methyl sites for hydroxylation is 1. The van der Waals surface area contributed by atoms with Crippen molar-refractivity contribution in [2.45, 2.75) is 65.5 Å². The standard InChI is InChI=1S/C17H27N3O/c1-4-20-12(3)16(10-18-20)11(2)19-17(21)9-15-8-13-5-6-14(15)7-13/h10-11,13-15H,4-9H2,1-3H3,(H,19,21). The maximum atomic E-state index is 12.3. The Morgan fingerprint density at radius 3 is 2.86 bits per heavy atom. The minimum absolute atomic E-state index is 0.0522. The molecule has 2 bridgehead atoms. The van der Waals surface area contributed by atoms with E-state index in [1.54, 1.807) is 0 Å². The van der Waals surface area contributed by atoms with Crippen LogP contribution < -0.4 is 5.32 Å². The van der Waals surface area contributed by atoms with Crippen LogP contribution in [0.1, 0.15) is 63.3 Å². The molecule has 1 heterocycles. The Balaban J connectivity index is 1.55. The van der Waals surface area contributed by atoms with E-state index in [0.29, 0.717) is 12.3 Å². The van der Waals surface area contributed by atoms with Crippen molar-refractivity contribution in [3.63, 3.8) is 0 Å². The maximum absolute atomic E-state index is 12.3. The van der Waals surface area contributed by atoms with E-state index in [-0.39, 0.29) is 11.9 Å². The third kappa shape index (κ3) is 2.85. The molecule has 2 saturated carbocycles. The first-order valence-corrected chi connectivity index (χ1v) is 8.40. The van der Waals surface area contributed by atoms with Gasteiger partial charge in [0, 0.05) is 24.2 Å². The molecule has 4 nitrogen and oxygen atoms in total. The van der Waals surface area contributed by atoms with E-state index in [0.717, 1.165) is 29.6 Å². The fourth-order valence-corrected chi connectivity index (χ4v) is 4.45. The van der Waals surface area contributed by atoms with Crippen molar-refractivity contribution in [1.29, 1.82) is 0 Å². The van der Waals surface area contributed by atoms with Gasteiger partial charge in [-0.2, -0.15) is 5.10 Å². The molecule has 1 aromatic rings. The van der Waals surface area contributed by atoms with Crippen molar-refractivity contribution < 1.29 is 4.79 Å². The lowest BCUT2D eigenvalue weighted by Gasteiger charge is -2.22. The second-order valence-corrected chi connectivity index (χ2v) is 6.93. The maximum Gasteiger partial charge on any atom is 0.220 e. The van der Waals surface area contributed by atoms with Crippen LogP contribution in [0.4, 0.5) is 0 Å². The van der Waals surface area contributed by atoms with Gasteiger partial charge in [-0.15, -0.1) is 0 Å². The number of carbonyl (C=O) groups is 1. The van der Waals surface area contributed by atoms with Gasteiger partial charge in [-0.05, 0) is 57.8 Å². The zero-order chi connectivity index (χ0) is 15.0. The number of fused-ring (bicyclic) bond motifs is 2. The first kappa shape index (κ1) is 14.6. The topological polar surface area (TPSA) is 46.9 Å². The van der Waals surface area contributed by atoms with Gasteiger partial charge in [0.2, 0.25) is 5.91 Å². The molecule has 2 fully saturated rings. The van der Waals surface area contributed by atoms with E-state index in [9.17, 15) is 4.79 Å². The van der Waals surface area contributed by atoms with Crippen molar-refractivity contribution in [3.8, 4) is 0 Å². The molecule has 2 aliphatic rings. The first-order chi connectivity index (χ1) is 10.1. The van der Waals surface area contributed by atoms with Crippen LogP contribution >= 0.6 is 0 Å². The number of nitrogens with zero attached hydrogens (tertiary/aromatic N) is 2. The summed E-state index contributed by atoms with van der Waals surface area (Å²) in [6.45, 7) is 7.09. The Morgan fingerprint density at radius 1 is 1.48 bits per heavy atom. The predicted molar refractivity (Wildman–Crippen MR) is 82.8 cm³/mol. The van der Waals surface area contributed by atoms with E-state index in [1.807, 2.05) is 10.9 Å². The highest BCUT2D eigenvalue weighted by Crippen LogP contribution is 2.49. The van der Waals surface area contributed by atoms with Crippen LogP contribution in [0.2, 0.25) is 0 Å². The van der Waals surface area contributed by atoms with Crippen LogP contribution in [0.5, 0.6) is 0 Å². The third-order valence-electron chi connectivity index (χ3n) is 5.62. The fraction of sp³-hybridized carbons (Fsp3) is 0.765. The second kappa shape index (κ2) is 5.82. The van der Waals surface area contributed by atoms with E-state index in [2.05, 4.69) is 31.2 Å². The Kier molecular flexibility index (Phi) is 4.05. The minimum atomic E-state index is 0.0522. The highest BCUT2D eigenvalue weighted by Gasteiger charge is 2.40. The molecule has 21 heavy (non-hydrogen) atoms. The lowest BCUT2D eigenvalue weighted by molar-refractivity contribution is -0.123. The molecular formula is C17H27N3O. The Labute approximate surface area is 127 Å². The van der Waals surface area contributed by atoms with Crippen LogP contribution in [-0.4, -0.2) is 15.7 Å². The summed E-state index contributed by atoms with van der Waals surface area (Å²) in [6.07, 6.45) is 8.00. The summed E-state index contributed by atoms with van der Waals surface area (Å²) in [4.78, 5) is 12.3. The smallest absolute Gasteiger partial charge is 0.220 e. The van der Waals surface area contributed by atoms with Gasteiger partial charge in [0.1, 0.15) is 0 Å². The summed E-state index contributed by atoms with van der Waals surface area (Å²) in [5.74, 6) is 2.58. The number of nitrogens with one attached hydrogen (secondary N) is 1. The van der Waals surface area contributed by atoms with Gasteiger partial charge in [-0.1, -0.05) is 6.42 Å². The van der Waals surface area contributed by atoms with Crippen molar-refractivity contribution in [2.75, 3.05) is 0 Å². The zero-order valence-electron chi connectivity index (χ0n) is 13.4. The Hall–Kier alpha value is -1.32. The molecule has 1 N–H and O–H groups in total. The van der Waals surface area contributed by atoms with E-state index < -0.39 is 0 Å². The van der Waals surface area contributed by atoms with Crippen LogP contribution in [0.3, 0.4) is 0 Å². The van der Waals surface area contributed by atoms with Crippen LogP contribution in [0, 0.1) is 24.7 Å². The number of amides is 1. The predicted octanol–water partition coefficient (Wildman–Crippen LogP) is 3.21. The van der Waals surface area contributed by atoms with Gasteiger partial charge in [0.05, 0.1) is 12.2 Å². The summed E-state index contributed by atoms with van der Waals surface area (Å²) >= 11 is 0. The van der Waals surface area contributed by atoms with Gasteiger partial charge in [0.15, 0.2) is 0 Å². The average Bonchev–Trinajstić information content (AvgIpc) is 3.13. The van der Waals surface area contributed by atoms with Gasteiger partial charge in [-0.25, -0.2) is 0 Å². The van der Waals surface area contributed by atoms with Gasteiger partial charge >= 0.3 is 0 Å². The SMILES string of the molecule is CCn1ncc(C(C)NC(=O)CC2CC3CCC2C3)c1C. The van der Waals surface area contributed by atoms with Gasteiger partial charge in [-0.3, -0.25) is 9.48 Å². The van der Waals surface area contributed by atoms with Gasteiger partial charge in [0.25, 0.3) is 0 Å². The largest absolute Gasteiger partial charge is 0.349 e. The summed E-state index contributed by atoms with van der Waals surface area (Å²) in [5.41, 5.74) is 2.29. The molecule has 0 aliphatic heterocycles. The highest BCUT2D eigenvalue weighted by molar-refractivity contribution is 5.76. The van der Waals surface area contributed by atoms with Crippen LogP contribution in [-0.2, 0) is 11.3 Å². The lowest BCUT2D eigenvalue weighted by Crippen LogP contribution is -2.29. The second-order valence-electron chi connectivity index (χ2n) is 6.93. The summed E-state index contributed by atoms with van der Waals surface area (Å²) in [7, 11) is 0. The van der Waals surface area contributed by atoms with Crippen molar-refractivity contribution in [3.05, 3.63) is 17.5 Å². The molecular weight excluding hydrogens is 262 g/mol. The molecule has 0 aromatic carbocycles. The molecule has 0 radical (unpaired) electrons. The quantitative estimate of drug-likeness (QED) is 0.904. The zero-order valence-corrected chi connectivity index (χ0v) is 13.4. The molecule has 4 heteroatoms. The molecule has 3 rings (SSSR count). The Bertz CT molecular complexity index is 522. The summed E-state index contributed by atoms with van der Waals surface area (Å²) in [5, 5.41) is 7.53. The van der Waals surface area contributed by atoms with Crippen molar-refractivity contribution in [1.82, 2.24) is 15.1 Å². The molecule has 4 atom stereocenters. The third-order valence-corrected chi connectivity index (χ3v) is 5.62. The van der Waals surface area contributed by atoms with E-state index >= 15 is 0 Å². The van der Waals surface area contributed by atoms with Gasteiger partial charge < -0.3 is 5.32 Å². The Morgan fingerprint density at radius 2 is 2.29 bits per heavy atom. The summed E-state index contributed by atoms with van der Waals surface area (Å²) < 4.78 is 1.98. The summed E-state index contributed by atoms with van der Waals surface area (Å²) in [6, 6.07) is 0.0522. The fourth-order valence-electron chi connectivity index (χ4n) is 4.45. The van der Waals surface area contributed by atoms with Crippen molar-refractivity contribution >= 4 is 5.91 Å². The lowest BCUT2D eigenvalue weighted by atomic mass is 9.86. The average molecular weight is 289 g/mol. The number of carbonyl (C=O) groups excluding carboxylic acids is 1. The minimum Gasteiger partial charge on any atom is -0.349 e. The highest BCUT2D eigenvalue weighted by atomic mass is 16.1. The van der Waals surface area contributed by atoms with E-state index in [4.69, 9.17) is 0 Å². The van der Waals surface area contributed by atoms with E-state index in [1.165, 1.54) is 25.7 Å². The van der Waals surface area contributed by atoms with Crippen molar-refractivity contribution in [2.24, 2.45) is 17.8 Å². The normalized spacial score (nSPS) is 28.8. The number of aromatic nitrogens is 2.